The lowest BCUT2D eigenvalue weighted by Gasteiger charge is -2.13. The number of nitrogens with zero attached hydrogens (tertiary/aromatic N) is 3. The van der Waals surface area contributed by atoms with Gasteiger partial charge < -0.3 is 15.1 Å². The van der Waals surface area contributed by atoms with Gasteiger partial charge in [-0.2, -0.15) is 0 Å². The lowest BCUT2D eigenvalue weighted by molar-refractivity contribution is 0.383. The fourth-order valence-electron chi connectivity index (χ4n) is 2.16. The molecular formula is C18H30IN5O3S2. The number of sulfonamides is 1. The Kier molecular flexibility index (Phi) is 9.57. The van der Waals surface area contributed by atoms with Crippen molar-refractivity contribution >= 4 is 51.3 Å². The van der Waals surface area contributed by atoms with Gasteiger partial charge in [0, 0.05) is 30.9 Å². The lowest BCUT2D eigenvalue weighted by Crippen LogP contribution is -2.36. The second kappa shape index (κ2) is 10.7. The zero-order valence-corrected chi connectivity index (χ0v) is 21.6. The monoisotopic (exact) mass is 555 g/mol. The van der Waals surface area contributed by atoms with Crippen LogP contribution in [0.4, 0.5) is 0 Å². The van der Waals surface area contributed by atoms with Crippen LogP contribution in [0.25, 0.3) is 0 Å². The Morgan fingerprint density at radius 1 is 1.28 bits per heavy atom. The Bertz CT molecular complexity index is 914. The van der Waals surface area contributed by atoms with E-state index in [0.29, 0.717) is 35.7 Å². The highest BCUT2D eigenvalue weighted by molar-refractivity contribution is 14.0. The largest absolute Gasteiger partial charge is 0.443 e. The van der Waals surface area contributed by atoms with Crippen molar-refractivity contribution in [3.05, 3.63) is 34.9 Å². The molecule has 2 aromatic rings. The molecule has 2 N–H and O–H groups in total. The zero-order chi connectivity index (χ0) is 20.9. The number of aromatic nitrogens is 1. The van der Waals surface area contributed by atoms with Crippen molar-refractivity contribution < 1.29 is 12.8 Å². The smallest absolute Gasteiger partial charge is 0.252 e. The Morgan fingerprint density at radius 2 is 1.97 bits per heavy atom. The molecule has 0 aromatic carbocycles. The van der Waals surface area contributed by atoms with Crippen LogP contribution in [-0.4, -0.2) is 44.3 Å². The predicted octanol–water partition coefficient (Wildman–Crippen LogP) is 3.16. The zero-order valence-electron chi connectivity index (χ0n) is 17.6. The molecular weight excluding hydrogens is 525 g/mol. The topological polar surface area (TPSA) is 99.8 Å². The minimum atomic E-state index is -3.40. The number of rotatable bonds is 7. The van der Waals surface area contributed by atoms with Gasteiger partial charge in [0.2, 0.25) is 5.89 Å². The number of guanidine groups is 1. The summed E-state index contributed by atoms with van der Waals surface area (Å²) in [4.78, 5) is 9.68. The summed E-state index contributed by atoms with van der Waals surface area (Å²) in [7, 11) is -0.354. The first-order valence-corrected chi connectivity index (χ1v) is 11.3. The highest BCUT2D eigenvalue weighted by Gasteiger charge is 2.20. The van der Waals surface area contributed by atoms with Gasteiger partial charge in [0.05, 0.1) is 12.7 Å². The third kappa shape index (κ3) is 7.23. The van der Waals surface area contributed by atoms with Crippen LogP contribution < -0.4 is 10.6 Å². The van der Waals surface area contributed by atoms with E-state index in [1.54, 1.807) is 18.3 Å². The van der Waals surface area contributed by atoms with Crippen LogP contribution in [0.15, 0.2) is 31.9 Å². The average molecular weight is 556 g/mol. The Morgan fingerprint density at radius 3 is 2.52 bits per heavy atom. The number of nitrogens with one attached hydrogen (secondary N) is 2. The van der Waals surface area contributed by atoms with Crippen LogP contribution in [0.1, 0.15) is 44.2 Å². The van der Waals surface area contributed by atoms with Crippen molar-refractivity contribution in [1.29, 1.82) is 0 Å². The molecule has 11 heteroatoms. The molecule has 0 saturated carbocycles. The summed E-state index contributed by atoms with van der Waals surface area (Å²) in [6, 6.07) is 3.43. The SMILES string of the molecule is CCNC(=NCc1ncc(C(C)(C)C)o1)NCc1ccc(S(=O)(=O)N(C)C)s1.I. The van der Waals surface area contributed by atoms with Gasteiger partial charge in [-0.05, 0) is 19.1 Å². The molecule has 0 atom stereocenters. The van der Waals surface area contributed by atoms with Gasteiger partial charge in [0.1, 0.15) is 16.5 Å². The molecule has 2 aromatic heterocycles. The summed E-state index contributed by atoms with van der Waals surface area (Å²) >= 11 is 1.24. The first-order valence-electron chi connectivity index (χ1n) is 9.02. The summed E-state index contributed by atoms with van der Waals surface area (Å²) < 4.78 is 31.7. The van der Waals surface area contributed by atoms with E-state index in [0.717, 1.165) is 10.6 Å². The fraction of sp³-hybridized carbons (Fsp3) is 0.556. The first kappa shape index (κ1) is 25.9. The van der Waals surface area contributed by atoms with Gasteiger partial charge in [-0.1, -0.05) is 20.8 Å². The van der Waals surface area contributed by atoms with Gasteiger partial charge in [-0.15, -0.1) is 35.3 Å². The van der Waals surface area contributed by atoms with E-state index < -0.39 is 10.0 Å². The highest BCUT2D eigenvalue weighted by Crippen LogP contribution is 2.24. The number of aliphatic imine (C=N–C) groups is 1. The van der Waals surface area contributed by atoms with Crippen molar-refractivity contribution in [3.63, 3.8) is 0 Å². The van der Waals surface area contributed by atoms with Crippen molar-refractivity contribution in [1.82, 2.24) is 19.9 Å². The highest BCUT2D eigenvalue weighted by atomic mass is 127. The van der Waals surface area contributed by atoms with E-state index in [1.165, 1.54) is 29.7 Å². The minimum Gasteiger partial charge on any atom is -0.443 e. The number of hydrogen-bond donors (Lipinski definition) is 2. The van der Waals surface area contributed by atoms with E-state index >= 15 is 0 Å². The molecule has 0 spiro atoms. The third-order valence-corrected chi connectivity index (χ3v) is 7.18. The van der Waals surface area contributed by atoms with Crippen molar-refractivity contribution in [3.8, 4) is 0 Å². The van der Waals surface area contributed by atoms with E-state index in [2.05, 4.69) is 41.4 Å². The van der Waals surface area contributed by atoms with Gasteiger partial charge in [-0.3, -0.25) is 0 Å². The van der Waals surface area contributed by atoms with Crippen molar-refractivity contribution in [2.45, 2.75) is 50.4 Å². The third-order valence-electron chi connectivity index (χ3n) is 3.81. The molecule has 0 aliphatic heterocycles. The predicted molar refractivity (Wildman–Crippen MR) is 127 cm³/mol. The molecule has 0 aliphatic rings. The van der Waals surface area contributed by atoms with Gasteiger partial charge >= 0.3 is 0 Å². The first-order chi connectivity index (χ1) is 13.0. The molecule has 164 valence electrons. The van der Waals surface area contributed by atoms with Gasteiger partial charge in [0.25, 0.3) is 10.0 Å². The molecule has 0 amide bonds. The summed E-state index contributed by atoms with van der Waals surface area (Å²) in [6.07, 6.45) is 1.74. The van der Waals surface area contributed by atoms with E-state index in [1.807, 2.05) is 6.92 Å². The van der Waals surface area contributed by atoms with Crippen LogP contribution in [-0.2, 0) is 28.5 Å². The number of hydrogen-bond acceptors (Lipinski definition) is 6. The van der Waals surface area contributed by atoms with Crippen LogP contribution in [0.5, 0.6) is 0 Å². The Hall–Kier alpha value is -1.18. The summed E-state index contributed by atoms with van der Waals surface area (Å²) in [5, 5.41) is 6.37. The van der Waals surface area contributed by atoms with E-state index in [9.17, 15) is 8.42 Å². The number of halogens is 1. The molecule has 0 aliphatic carbocycles. The maximum atomic E-state index is 12.2. The molecule has 0 unspecified atom stereocenters. The standard InChI is InChI=1S/C18H29N5O3S2.HI/c1-7-19-17(22-12-15-20-11-14(26-15)18(2,3)4)21-10-13-8-9-16(27-13)28(24,25)23(5)6;/h8-9,11H,7,10,12H2,1-6H3,(H2,19,21,22);1H. The van der Waals surface area contributed by atoms with Crippen LogP contribution in [0.3, 0.4) is 0 Å². The van der Waals surface area contributed by atoms with Gasteiger partial charge in [0.15, 0.2) is 5.96 Å². The summed E-state index contributed by atoms with van der Waals surface area (Å²) in [5.74, 6) is 1.99. The van der Waals surface area contributed by atoms with E-state index in [-0.39, 0.29) is 29.4 Å². The van der Waals surface area contributed by atoms with E-state index in [4.69, 9.17) is 4.42 Å². The molecule has 29 heavy (non-hydrogen) atoms. The van der Waals surface area contributed by atoms with Crippen molar-refractivity contribution in [2.24, 2.45) is 4.99 Å². The fourth-order valence-corrected chi connectivity index (χ4v) is 4.63. The second-order valence-electron chi connectivity index (χ2n) is 7.43. The second-order valence-corrected chi connectivity index (χ2v) is 11.0. The number of oxazole rings is 1. The molecule has 0 fully saturated rings. The molecule has 8 nitrogen and oxygen atoms in total. The molecule has 2 heterocycles. The number of thiophene rings is 1. The van der Waals surface area contributed by atoms with Crippen LogP contribution >= 0.6 is 35.3 Å². The average Bonchev–Trinajstić information content (AvgIpc) is 3.26. The maximum Gasteiger partial charge on any atom is 0.252 e. The Labute approximate surface area is 194 Å². The van der Waals surface area contributed by atoms with Gasteiger partial charge in [-0.25, -0.2) is 22.7 Å². The normalized spacial score (nSPS) is 12.7. The summed E-state index contributed by atoms with van der Waals surface area (Å²) in [5.41, 5.74) is -0.0957. The molecule has 0 saturated heterocycles. The maximum absolute atomic E-state index is 12.2. The minimum absolute atomic E-state index is 0. The quantitative estimate of drug-likeness (QED) is 0.310. The van der Waals surface area contributed by atoms with Crippen LogP contribution in [0, 0.1) is 0 Å². The molecule has 0 bridgehead atoms. The summed E-state index contributed by atoms with van der Waals surface area (Å²) in [6.45, 7) is 9.67. The molecule has 2 rings (SSSR count). The molecule has 0 radical (unpaired) electrons. The lowest BCUT2D eigenvalue weighted by atomic mass is 9.94. The van der Waals surface area contributed by atoms with Crippen molar-refractivity contribution in [2.75, 3.05) is 20.6 Å². The van der Waals surface area contributed by atoms with Crippen LogP contribution in [0.2, 0.25) is 0 Å². The Balaban J connectivity index is 0.00000420.